The molecule has 5 nitrogen and oxygen atoms in total. The molecule has 0 spiro atoms. The topological polar surface area (TPSA) is 68.3 Å². The first-order valence-electron chi connectivity index (χ1n) is 9.17. The van der Waals surface area contributed by atoms with Gasteiger partial charge in [-0.05, 0) is 60.7 Å². The Bertz CT molecular complexity index is 1090. The van der Waals surface area contributed by atoms with Gasteiger partial charge < -0.3 is 10.1 Å². The second-order valence-electron chi connectivity index (χ2n) is 6.36. The highest BCUT2D eigenvalue weighted by Crippen LogP contribution is 2.23. The average molecular weight is 423 g/mol. The molecule has 2 heterocycles. The van der Waals surface area contributed by atoms with Gasteiger partial charge in [-0.3, -0.25) is 9.59 Å². The lowest BCUT2D eigenvalue weighted by atomic mass is 10.2. The van der Waals surface area contributed by atoms with Gasteiger partial charge in [0.15, 0.2) is 0 Å². The number of thiazole rings is 1. The molecule has 0 aliphatic carbocycles. The summed E-state index contributed by atoms with van der Waals surface area (Å²) in [5.41, 5.74) is 1.65. The minimum atomic E-state index is -0.276. The van der Waals surface area contributed by atoms with Gasteiger partial charge in [0.05, 0.1) is 20.1 Å². The lowest BCUT2D eigenvalue weighted by Crippen LogP contribution is -2.10. The number of anilines is 1. The van der Waals surface area contributed by atoms with E-state index in [-0.39, 0.29) is 11.9 Å². The van der Waals surface area contributed by atoms with Crippen LogP contribution in [-0.2, 0) is 11.2 Å². The Kier molecular flexibility index (Phi) is 5.97. The number of benzene rings is 2. The Morgan fingerprint density at radius 3 is 2.59 bits per heavy atom. The van der Waals surface area contributed by atoms with Crippen molar-refractivity contribution in [1.29, 1.82) is 0 Å². The summed E-state index contributed by atoms with van der Waals surface area (Å²) in [5, 5.41) is 5.70. The first kappa shape index (κ1) is 19.3. The van der Waals surface area contributed by atoms with E-state index in [4.69, 9.17) is 4.74 Å². The summed E-state index contributed by atoms with van der Waals surface area (Å²) in [6, 6.07) is 18.4. The smallest absolute Gasteiger partial charge is 0.311 e. The summed E-state index contributed by atoms with van der Waals surface area (Å²) >= 11 is 3.04. The number of hydrogen-bond acceptors (Lipinski definition) is 6. The predicted molar refractivity (Wildman–Crippen MR) is 117 cm³/mol. The molecule has 0 bridgehead atoms. The van der Waals surface area contributed by atoms with Gasteiger partial charge in [-0.2, -0.15) is 0 Å². The zero-order chi connectivity index (χ0) is 20.1. The van der Waals surface area contributed by atoms with E-state index in [9.17, 15) is 9.59 Å². The van der Waals surface area contributed by atoms with E-state index in [2.05, 4.69) is 16.4 Å². The molecule has 1 N–H and O–H groups in total. The third kappa shape index (κ3) is 5.07. The summed E-state index contributed by atoms with van der Waals surface area (Å²) in [5.74, 6) is 0.0326. The molecule has 0 atom stereocenters. The second kappa shape index (κ2) is 8.98. The molecule has 4 aromatic rings. The summed E-state index contributed by atoms with van der Waals surface area (Å²) in [6.07, 6.45) is 1.77. The third-order valence-electron chi connectivity index (χ3n) is 4.20. The fraction of sp³-hybridized carbons (Fsp3) is 0.136. The van der Waals surface area contributed by atoms with E-state index < -0.39 is 0 Å². The van der Waals surface area contributed by atoms with E-state index in [1.807, 2.05) is 29.6 Å². The molecular weight excluding hydrogens is 404 g/mol. The molecule has 0 saturated heterocycles. The van der Waals surface area contributed by atoms with E-state index in [1.165, 1.54) is 11.3 Å². The van der Waals surface area contributed by atoms with Crippen molar-refractivity contribution in [1.82, 2.24) is 4.98 Å². The van der Waals surface area contributed by atoms with Crippen molar-refractivity contribution in [3.8, 4) is 5.75 Å². The Morgan fingerprint density at radius 1 is 1.00 bits per heavy atom. The van der Waals surface area contributed by atoms with Crippen molar-refractivity contribution >= 4 is 50.5 Å². The van der Waals surface area contributed by atoms with E-state index in [0.717, 1.165) is 21.6 Å². The molecule has 2 aromatic carbocycles. The number of nitrogens with one attached hydrogen (secondary N) is 1. The van der Waals surface area contributed by atoms with Gasteiger partial charge in [0.1, 0.15) is 5.75 Å². The van der Waals surface area contributed by atoms with Crippen LogP contribution in [0.2, 0.25) is 0 Å². The monoisotopic (exact) mass is 422 g/mol. The first-order chi connectivity index (χ1) is 14.2. The maximum absolute atomic E-state index is 12.1. The van der Waals surface area contributed by atoms with Crippen LogP contribution in [0.15, 0.2) is 66.0 Å². The molecule has 0 aliphatic rings. The number of carbonyl (C=O) groups is 2. The number of aryl methyl sites for hydroxylation is 1. The van der Waals surface area contributed by atoms with Gasteiger partial charge in [0.2, 0.25) is 0 Å². The standard InChI is InChI=1S/C22H18N2O3S2/c25-21(9-3-8-20-24-17-5-1-2-6-18(17)29-20)27-16-12-10-15(11-13-16)23-22(26)19-7-4-14-28-19/h1-2,4-7,10-14H,3,8-9H2,(H,23,26). The molecule has 0 unspecified atom stereocenters. The fourth-order valence-corrected chi connectivity index (χ4v) is 4.43. The third-order valence-corrected chi connectivity index (χ3v) is 6.16. The first-order valence-corrected chi connectivity index (χ1v) is 10.9. The number of esters is 1. The van der Waals surface area contributed by atoms with Crippen LogP contribution in [0.5, 0.6) is 5.75 Å². The van der Waals surface area contributed by atoms with Gasteiger partial charge in [-0.15, -0.1) is 22.7 Å². The molecule has 4 rings (SSSR count). The van der Waals surface area contributed by atoms with Crippen LogP contribution in [0.1, 0.15) is 27.5 Å². The maximum Gasteiger partial charge on any atom is 0.311 e. The highest BCUT2D eigenvalue weighted by Gasteiger charge is 2.09. The summed E-state index contributed by atoms with van der Waals surface area (Å²) in [7, 11) is 0. The molecular formula is C22H18N2O3S2. The minimum absolute atomic E-state index is 0.153. The summed E-state index contributed by atoms with van der Waals surface area (Å²) < 4.78 is 6.54. The number of hydrogen-bond donors (Lipinski definition) is 1. The number of amides is 1. The molecule has 7 heteroatoms. The summed E-state index contributed by atoms with van der Waals surface area (Å²) in [4.78, 5) is 29.4. The largest absolute Gasteiger partial charge is 0.427 e. The van der Waals surface area contributed by atoms with Crippen molar-refractivity contribution in [2.45, 2.75) is 19.3 Å². The molecule has 146 valence electrons. The predicted octanol–water partition coefficient (Wildman–Crippen LogP) is 5.54. The molecule has 1 amide bonds. The van der Waals surface area contributed by atoms with Crippen molar-refractivity contribution in [2.75, 3.05) is 5.32 Å². The normalized spacial score (nSPS) is 10.8. The van der Waals surface area contributed by atoms with Crippen molar-refractivity contribution in [3.05, 3.63) is 75.9 Å². The zero-order valence-corrected chi connectivity index (χ0v) is 17.1. The Hall–Kier alpha value is -3.03. The molecule has 0 aliphatic heterocycles. The van der Waals surface area contributed by atoms with Gasteiger partial charge in [-0.1, -0.05) is 18.2 Å². The number of fused-ring (bicyclic) bond motifs is 1. The lowest BCUT2D eigenvalue weighted by molar-refractivity contribution is -0.134. The molecule has 2 aromatic heterocycles. The molecule has 0 fully saturated rings. The number of para-hydroxylation sites is 1. The molecule has 0 saturated carbocycles. The highest BCUT2D eigenvalue weighted by atomic mass is 32.1. The van der Waals surface area contributed by atoms with Crippen LogP contribution < -0.4 is 10.1 Å². The van der Waals surface area contributed by atoms with Crippen molar-refractivity contribution in [3.63, 3.8) is 0 Å². The average Bonchev–Trinajstić information content (AvgIpc) is 3.39. The number of nitrogens with zero attached hydrogens (tertiary/aromatic N) is 1. The maximum atomic E-state index is 12.1. The van der Waals surface area contributed by atoms with Crippen LogP contribution in [0.25, 0.3) is 10.2 Å². The van der Waals surface area contributed by atoms with Gasteiger partial charge in [0, 0.05) is 12.1 Å². The molecule has 0 radical (unpaired) electrons. The van der Waals surface area contributed by atoms with E-state index in [0.29, 0.717) is 29.2 Å². The number of ether oxygens (including phenoxy) is 1. The van der Waals surface area contributed by atoms with Gasteiger partial charge in [0.25, 0.3) is 5.91 Å². The second-order valence-corrected chi connectivity index (χ2v) is 8.42. The SMILES string of the molecule is O=C(CCCc1nc2ccccc2s1)Oc1ccc(NC(=O)c2cccs2)cc1. The Labute approximate surface area is 176 Å². The van der Waals surface area contributed by atoms with Crippen LogP contribution in [0.4, 0.5) is 5.69 Å². The highest BCUT2D eigenvalue weighted by molar-refractivity contribution is 7.18. The Balaban J connectivity index is 1.24. The number of rotatable bonds is 7. The van der Waals surface area contributed by atoms with Crippen LogP contribution >= 0.6 is 22.7 Å². The number of aromatic nitrogens is 1. The number of carbonyl (C=O) groups excluding carboxylic acids is 2. The van der Waals surface area contributed by atoms with Crippen LogP contribution in [0.3, 0.4) is 0 Å². The molecule has 29 heavy (non-hydrogen) atoms. The quantitative estimate of drug-likeness (QED) is 0.314. The van der Waals surface area contributed by atoms with Crippen LogP contribution in [-0.4, -0.2) is 16.9 Å². The van der Waals surface area contributed by atoms with Gasteiger partial charge in [-0.25, -0.2) is 4.98 Å². The van der Waals surface area contributed by atoms with Crippen molar-refractivity contribution in [2.24, 2.45) is 0 Å². The zero-order valence-electron chi connectivity index (χ0n) is 15.5. The van der Waals surface area contributed by atoms with Crippen molar-refractivity contribution < 1.29 is 14.3 Å². The summed E-state index contributed by atoms with van der Waals surface area (Å²) in [6.45, 7) is 0. The van der Waals surface area contributed by atoms with Crippen LogP contribution in [0, 0.1) is 0 Å². The van der Waals surface area contributed by atoms with E-state index >= 15 is 0 Å². The fourth-order valence-electron chi connectivity index (χ4n) is 2.80. The van der Waals surface area contributed by atoms with Gasteiger partial charge >= 0.3 is 5.97 Å². The Morgan fingerprint density at radius 2 is 1.83 bits per heavy atom. The number of thiophene rings is 1. The lowest BCUT2D eigenvalue weighted by Gasteiger charge is -2.06. The minimum Gasteiger partial charge on any atom is -0.427 e. The van der Waals surface area contributed by atoms with E-state index in [1.54, 1.807) is 41.7 Å².